The largest absolute Gasteiger partial charge is 0.463 e. The fraction of sp³-hybridized carbons (Fsp3) is 0.900. The predicted octanol–water partition coefficient (Wildman–Crippen LogP) is -1.19. The molecular weight excluding hydrogens is 216 g/mol. The quantitative estimate of drug-likeness (QED) is 0.518. The van der Waals surface area contributed by atoms with Crippen LogP contribution < -0.4 is 0 Å². The minimum atomic E-state index is -1.14. The lowest BCUT2D eigenvalue weighted by Crippen LogP contribution is -2.35. The second-order valence-corrected chi connectivity index (χ2v) is 3.81. The van der Waals surface area contributed by atoms with Gasteiger partial charge in [-0.2, -0.15) is 0 Å². The van der Waals surface area contributed by atoms with E-state index in [1.807, 2.05) is 6.92 Å². The average Bonchev–Trinajstić information content (AvgIpc) is 2.54. The zero-order valence-corrected chi connectivity index (χ0v) is 9.20. The molecule has 0 aromatic carbocycles. The van der Waals surface area contributed by atoms with Crippen LogP contribution in [0, 0.1) is 0 Å². The minimum absolute atomic E-state index is 0.104. The molecule has 6 nitrogen and oxygen atoms in total. The van der Waals surface area contributed by atoms with Gasteiger partial charge in [-0.3, -0.25) is 4.79 Å². The summed E-state index contributed by atoms with van der Waals surface area (Å²) in [6.07, 6.45) is -2.85. The number of carbonyl (C=O) groups excluding carboxylic acids is 1. The molecule has 0 aromatic rings. The third-order valence-corrected chi connectivity index (χ3v) is 2.50. The van der Waals surface area contributed by atoms with Crippen LogP contribution in [0.5, 0.6) is 0 Å². The highest BCUT2D eigenvalue weighted by Crippen LogP contribution is 2.21. The van der Waals surface area contributed by atoms with Crippen LogP contribution in [-0.4, -0.2) is 58.9 Å². The first-order chi connectivity index (χ1) is 7.60. The van der Waals surface area contributed by atoms with Crippen LogP contribution in [-0.2, 0) is 14.3 Å². The third-order valence-electron chi connectivity index (χ3n) is 2.50. The van der Waals surface area contributed by atoms with Crippen LogP contribution in [0.2, 0.25) is 0 Å². The molecule has 0 aromatic heterocycles. The number of ether oxygens (including phenoxy) is 2. The van der Waals surface area contributed by atoms with Gasteiger partial charge in [0.25, 0.3) is 0 Å². The Morgan fingerprint density at radius 2 is 1.94 bits per heavy atom. The van der Waals surface area contributed by atoms with E-state index in [9.17, 15) is 15.0 Å². The smallest absolute Gasteiger partial charge is 0.305 e. The van der Waals surface area contributed by atoms with Crippen molar-refractivity contribution < 1.29 is 29.6 Å². The van der Waals surface area contributed by atoms with Crippen molar-refractivity contribution in [3.8, 4) is 0 Å². The van der Waals surface area contributed by atoms with Gasteiger partial charge in [-0.25, -0.2) is 0 Å². The van der Waals surface area contributed by atoms with Crippen LogP contribution in [0.1, 0.15) is 19.8 Å². The van der Waals surface area contributed by atoms with Crippen molar-refractivity contribution in [2.75, 3.05) is 13.2 Å². The molecule has 4 atom stereocenters. The minimum Gasteiger partial charge on any atom is -0.463 e. The highest BCUT2D eigenvalue weighted by molar-refractivity contribution is 5.69. The zero-order chi connectivity index (χ0) is 12.1. The van der Waals surface area contributed by atoms with Gasteiger partial charge in [-0.1, -0.05) is 6.92 Å². The Hall–Kier alpha value is -0.690. The molecule has 1 saturated heterocycles. The van der Waals surface area contributed by atoms with Gasteiger partial charge in [0, 0.05) is 6.42 Å². The maximum atomic E-state index is 11.1. The molecule has 0 saturated carbocycles. The van der Waals surface area contributed by atoms with E-state index in [0.717, 1.165) is 0 Å². The SMILES string of the molecule is CCCC(=O)OC[C@@H]1O[C@H](CO)[C@@H](O)[C@@H]1O. The van der Waals surface area contributed by atoms with Crippen LogP contribution in [0.25, 0.3) is 0 Å². The summed E-state index contributed by atoms with van der Waals surface area (Å²) in [5.41, 5.74) is 0. The molecule has 0 radical (unpaired) electrons. The normalized spacial score (nSPS) is 34.0. The van der Waals surface area contributed by atoms with Crippen molar-refractivity contribution in [2.45, 2.75) is 44.2 Å². The van der Waals surface area contributed by atoms with Gasteiger partial charge in [-0.05, 0) is 6.42 Å². The Balaban J connectivity index is 2.35. The second kappa shape index (κ2) is 6.15. The van der Waals surface area contributed by atoms with E-state index in [0.29, 0.717) is 12.8 Å². The summed E-state index contributed by atoms with van der Waals surface area (Å²) in [5, 5.41) is 27.8. The molecule has 0 spiro atoms. The fourth-order valence-electron chi connectivity index (χ4n) is 1.57. The van der Waals surface area contributed by atoms with Crippen molar-refractivity contribution in [3.63, 3.8) is 0 Å². The van der Waals surface area contributed by atoms with Crippen molar-refractivity contribution in [1.82, 2.24) is 0 Å². The number of hydrogen-bond acceptors (Lipinski definition) is 6. The molecule has 1 rings (SSSR count). The predicted molar refractivity (Wildman–Crippen MR) is 53.6 cm³/mol. The van der Waals surface area contributed by atoms with Crippen LogP contribution in [0.3, 0.4) is 0 Å². The van der Waals surface area contributed by atoms with Crippen LogP contribution >= 0.6 is 0 Å². The lowest BCUT2D eigenvalue weighted by molar-refractivity contribution is -0.149. The van der Waals surface area contributed by atoms with Gasteiger partial charge in [0.15, 0.2) is 0 Å². The molecule has 1 aliphatic rings. The van der Waals surface area contributed by atoms with Crippen molar-refractivity contribution in [2.24, 2.45) is 0 Å². The second-order valence-electron chi connectivity index (χ2n) is 3.81. The van der Waals surface area contributed by atoms with E-state index in [-0.39, 0.29) is 19.2 Å². The summed E-state index contributed by atoms with van der Waals surface area (Å²) in [6.45, 7) is 1.37. The molecule has 1 fully saturated rings. The maximum Gasteiger partial charge on any atom is 0.305 e. The molecule has 1 heterocycles. The first-order valence-corrected chi connectivity index (χ1v) is 5.38. The van der Waals surface area contributed by atoms with E-state index in [4.69, 9.17) is 14.6 Å². The number of hydrogen-bond donors (Lipinski definition) is 3. The summed E-state index contributed by atoms with van der Waals surface area (Å²) >= 11 is 0. The Kier molecular flexibility index (Phi) is 5.14. The number of aliphatic hydroxyl groups excluding tert-OH is 3. The number of rotatable bonds is 5. The van der Waals surface area contributed by atoms with Crippen molar-refractivity contribution in [3.05, 3.63) is 0 Å². The third kappa shape index (κ3) is 3.15. The number of esters is 1. The van der Waals surface area contributed by atoms with Gasteiger partial charge in [0.2, 0.25) is 0 Å². The molecule has 94 valence electrons. The Bertz CT molecular complexity index is 231. The maximum absolute atomic E-state index is 11.1. The summed E-state index contributed by atoms with van der Waals surface area (Å²) in [4.78, 5) is 11.1. The van der Waals surface area contributed by atoms with E-state index < -0.39 is 24.4 Å². The monoisotopic (exact) mass is 234 g/mol. The Morgan fingerprint density at radius 3 is 2.44 bits per heavy atom. The molecule has 0 unspecified atom stereocenters. The van der Waals surface area contributed by atoms with E-state index in [1.165, 1.54) is 0 Å². The van der Waals surface area contributed by atoms with Crippen molar-refractivity contribution in [1.29, 1.82) is 0 Å². The summed E-state index contributed by atoms with van der Waals surface area (Å²) in [6, 6.07) is 0. The Morgan fingerprint density at radius 1 is 1.31 bits per heavy atom. The van der Waals surface area contributed by atoms with Gasteiger partial charge in [0.1, 0.15) is 31.0 Å². The van der Waals surface area contributed by atoms with E-state index in [1.54, 1.807) is 0 Å². The van der Waals surface area contributed by atoms with Crippen LogP contribution in [0.15, 0.2) is 0 Å². The first kappa shape index (κ1) is 13.4. The van der Waals surface area contributed by atoms with E-state index in [2.05, 4.69) is 0 Å². The molecule has 6 heteroatoms. The topological polar surface area (TPSA) is 96.2 Å². The summed E-state index contributed by atoms with van der Waals surface area (Å²) in [7, 11) is 0. The number of carbonyl (C=O) groups is 1. The summed E-state index contributed by atoms with van der Waals surface area (Å²) in [5.74, 6) is -0.361. The zero-order valence-electron chi connectivity index (χ0n) is 9.20. The average molecular weight is 234 g/mol. The molecule has 3 N–H and O–H groups in total. The molecule has 0 amide bonds. The molecular formula is C10H18O6. The van der Waals surface area contributed by atoms with Gasteiger partial charge >= 0.3 is 5.97 Å². The molecule has 0 aliphatic carbocycles. The van der Waals surface area contributed by atoms with Gasteiger partial charge in [-0.15, -0.1) is 0 Å². The highest BCUT2D eigenvalue weighted by Gasteiger charge is 2.42. The fourth-order valence-corrected chi connectivity index (χ4v) is 1.57. The van der Waals surface area contributed by atoms with Crippen LogP contribution in [0.4, 0.5) is 0 Å². The summed E-state index contributed by atoms with van der Waals surface area (Å²) < 4.78 is 10.00. The first-order valence-electron chi connectivity index (χ1n) is 5.38. The lowest BCUT2D eigenvalue weighted by Gasteiger charge is -2.14. The van der Waals surface area contributed by atoms with E-state index >= 15 is 0 Å². The Labute approximate surface area is 93.8 Å². The van der Waals surface area contributed by atoms with Crippen molar-refractivity contribution >= 4 is 5.97 Å². The highest BCUT2D eigenvalue weighted by atomic mass is 16.6. The number of aliphatic hydroxyl groups is 3. The standard InChI is InChI=1S/C10H18O6/c1-2-3-8(12)15-5-7-10(14)9(13)6(4-11)16-7/h6-7,9-11,13-14H,2-5H2,1H3/t6-,7+,9-,10-/m1/s1. The van der Waals surface area contributed by atoms with Gasteiger partial charge < -0.3 is 24.8 Å². The molecule has 1 aliphatic heterocycles. The lowest BCUT2D eigenvalue weighted by atomic mass is 10.1. The van der Waals surface area contributed by atoms with Gasteiger partial charge in [0.05, 0.1) is 6.61 Å². The molecule has 16 heavy (non-hydrogen) atoms. The molecule has 0 bridgehead atoms.